The maximum Gasteiger partial charge on any atom is 0.258 e. The van der Waals surface area contributed by atoms with E-state index in [0.717, 1.165) is 11.3 Å². The molecule has 5 heteroatoms. The first-order valence-electron chi connectivity index (χ1n) is 6.52. The van der Waals surface area contributed by atoms with Crippen molar-refractivity contribution >= 4 is 11.6 Å². The molecule has 0 saturated heterocycles. The van der Waals surface area contributed by atoms with Crippen molar-refractivity contribution in [2.75, 3.05) is 11.4 Å². The van der Waals surface area contributed by atoms with Crippen LogP contribution >= 0.6 is 0 Å². The summed E-state index contributed by atoms with van der Waals surface area (Å²) in [4.78, 5) is 28.1. The quantitative estimate of drug-likeness (QED) is 0.821. The van der Waals surface area contributed by atoms with E-state index in [1.165, 1.54) is 12.3 Å². The van der Waals surface area contributed by atoms with Crippen molar-refractivity contribution in [3.63, 3.8) is 0 Å². The topological polar surface area (TPSA) is 79.2 Å². The number of anilines is 1. The van der Waals surface area contributed by atoms with E-state index in [-0.39, 0.29) is 17.5 Å². The number of benzene rings is 1. The molecule has 1 amide bonds. The van der Waals surface area contributed by atoms with Crippen LogP contribution in [0.4, 0.5) is 5.69 Å². The maximum absolute atomic E-state index is 12.6. The fourth-order valence-electron chi connectivity index (χ4n) is 2.54. The summed E-state index contributed by atoms with van der Waals surface area (Å²) in [6.07, 6.45) is 2.20. The first kappa shape index (κ1) is 12.6. The number of hydrogen-bond donors (Lipinski definition) is 2. The summed E-state index contributed by atoms with van der Waals surface area (Å²) in [7, 11) is 0. The van der Waals surface area contributed by atoms with Crippen molar-refractivity contribution in [3.8, 4) is 0 Å². The Morgan fingerprint density at radius 1 is 1.30 bits per heavy atom. The highest BCUT2D eigenvalue weighted by Crippen LogP contribution is 2.32. The Hall–Kier alpha value is -2.40. The van der Waals surface area contributed by atoms with Gasteiger partial charge in [0.25, 0.3) is 5.91 Å². The van der Waals surface area contributed by atoms with Gasteiger partial charge in [-0.2, -0.15) is 0 Å². The van der Waals surface area contributed by atoms with E-state index in [9.17, 15) is 9.59 Å². The van der Waals surface area contributed by atoms with Gasteiger partial charge >= 0.3 is 0 Å². The van der Waals surface area contributed by atoms with E-state index in [1.54, 1.807) is 11.0 Å². The van der Waals surface area contributed by atoms with E-state index in [4.69, 9.17) is 5.73 Å². The monoisotopic (exact) mass is 269 g/mol. The fourth-order valence-corrected chi connectivity index (χ4v) is 2.54. The molecule has 0 spiro atoms. The molecule has 1 atom stereocenters. The van der Waals surface area contributed by atoms with Crippen LogP contribution in [0, 0.1) is 0 Å². The molecule has 5 nitrogen and oxygen atoms in total. The summed E-state index contributed by atoms with van der Waals surface area (Å²) in [5.41, 5.74) is 7.99. The summed E-state index contributed by atoms with van der Waals surface area (Å²) in [5, 5.41) is 0. The highest BCUT2D eigenvalue weighted by Gasteiger charge is 2.27. The number of nitrogens with one attached hydrogen (secondary N) is 1. The van der Waals surface area contributed by atoms with E-state index in [2.05, 4.69) is 4.98 Å². The largest absolute Gasteiger partial charge is 0.329 e. The predicted octanol–water partition coefficient (Wildman–Crippen LogP) is 1.43. The van der Waals surface area contributed by atoms with Crippen LogP contribution in [0.5, 0.6) is 0 Å². The molecule has 3 rings (SSSR count). The van der Waals surface area contributed by atoms with Gasteiger partial charge in [-0.1, -0.05) is 18.2 Å². The minimum atomic E-state index is -0.280. The van der Waals surface area contributed by atoms with Crippen LogP contribution in [0.25, 0.3) is 0 Å². The van der Waals surface area contributed by atoms with Gasteiger partial charge in [-0.3, -0.25) is 9.59 Å². The van der Waals surface area contributed by atoms with Gasteiger partial charge in [0.15, 0.2) is 0 Å². The van der Waals surface area contributed by atoms with Gasteiger partial charge in [0, 0.05) is 36.1 Å². The van der Waals surface area contributed by atoms with Crippen LogP contribution in [0.3, 0.4) is 0 Å². The molecule has 1 unspecified atom stereocenters. The Kier molecular flexibility index (Phi) is 3.12. The lowest BCUT2D eigenvalue weighted by Crippen LogP contribution is -2.38. The molecule has 2 heterocycles. The lowest BCUT2D eigenvalue weighted by atomic mass is 9.96. The van der Waals surface area contributed by atoms with Crippen molar-refractivity contribution in [1.82, 2.24) is 4.98 Å². The standard InChI is InChI=1S/C15H15N3O2/c16-12-6-8-18(13-4-2-1-3-11(12)13)15(20)10-5-7-17-14(19)9-10/h1-5,7,9,12H,6,8,16H2,(H,17,19). The van der Waals surface area contributed by atoms with Gasteiger partial charge in [0.1, 0.15) is 0 Å². The van der Waals surface area contributed by atoms with Gasteiger partial charge < -0.3 is 15.6 Å². The average Bonchev–Trinajstić information content (AvgIpc) is 2.47. The average molecular weight is 269 g/mol. The maximum atomic E-state index is 12.6. The summed E-state index contributed by atoms with van der Waals surface area (Å²) < 4.78 is 0. The third-order valence-electron chi connectivity index (χ3n) is 3.56. The van der Waals surface area contributed by atoms with Crippen LogP contribution in [-0.2, 0) is 0 Å². The number of aromatic amines is 1. The molecule has 1 aromatic carbocycles. The number of pyridine rings is 1. The molecule has 0 radical (unpaired) electrons. The predicted molar refractivity (Wildman–Crippen MR) is 76.7 cm³/mol. The first-order valence-corrected chi connectivity index (χ1v) is 6.52. The summed E-state index contributed by atoms with van der Waals surface area (Å²) in [6, 6.07) is 10.5. The molecule has 0 saturated carbocycles. The number of nitrogens with zero attached hydrogens (tertiary/aromatic N) is 1. The number of amides is 1. The summed E-state index contributed by atoms with van der Waals surface area (Å²) in [6.45, 7) is 0.559. The zero-order valence-corrected chi connectivity index (χ0v) is 10.9. The summed E-state index contributed by atoms with van der Waals surface area (Å²) in [5.74, 6) is -0.171. The number of nitrogens with two attached hydrogens (primary N) is 1. The van der Waals surface area contributed by atoms with Crippen molar-refractivity contribution in [3.05, 3.63) is 64.1 Å². The minimum Gasteiger partial charge on any atom is -0.329 e. The Balaban J connectivity index is 2.01. The number of H-pyrrole nitrogens is 1. The number of carbonyl (C=O) groups is 1. The molecular formula is C15H15N3O2. The number of aromatic nitrogens is 1. The molecule has 20 heavy (non-hydrogen) atoms. The van der Waals surface area contributed by atoms with E-state index in [1.807, 2.05) is 24.3 Å². The zero-order valence-electron chi connectivity index (χ0n) is 10.9. The normalized spacial score (nSPS) is 17.6. The van der Waals surface area contributed by atoms with Crippen LogP contribution < -0.4 is 16.2 Å². The van der Waals surface area contributed by atoms with E-state index in [0.29, 0.717) is 18.5 Å². The van der Waals surface area contributed by atoms with Crippen LogP contribution in [0.2, 0.25) is 0 Å². The minimum absolute atomic E-state index is 0.0468. The first-order chi connectivity index (χ1) is 9.66. The second-order valence-electron chi connectivity index (χ2n) is 4.85. The third kappa shape index (κ3) is 2.12. The highest BCUT2D eigenvalue weighted by atomic mass is 16.2. The number of hydrogen-bond acceptors (Lipinski definition) is 3. The van der Waals surface area contributed by atoms with Crippen LogP contribution in [0.1, 0.15) is 28.4 Å². The Labute approximate surface area is 116 Å². The molecule has 0 bridgehead atoms. The molecule has 1 aromatic heterocycles. The molecule has 2 aromatic rings. The lowest BCUT2D eigenvalue weighted by Gasteiger charge is -2.32. The van der Waals surface area contributed by atoms with E-state index < -0.39 is 0 Å². The van der Waals surface area contributed by atoms with Crippen LogP contribution in [0.15, 0.2) is 47.4 Å². The van der Waals surface area contributed by atoms with Gasteiger partial charge in [-0.25, -0.2) is 0 Å². The van der Waals surface area contributed by atoms with Crippen LogP contribution in [-0.4, -0.2) is 17.4 Å². The van der Waals surface area contributed by atoms with Crippen molar-refractivity contribution in [2.24, 2.45) is 5.73 Å². The Bertz CT molecular complexity index is 708. The molecule has 1 aliphatic heterocycles. The zero-order chi connectivity index (χ0) is 14.1. The molecule has 1 aliphatic rings. The number of carbonyl (C=O) groups excluding carboxylic acids is 1. The molecule has 3 N–H and O–H groups in total. The summed E-state index contributed by atoms with van der Waals surface area (Å²) >= 11 is 0. The molecular weight excluding hydrogens is 254 g/mol. The van der Waals surface area contributed by atoms with Crippen molar-refractivity contribution < 1.29 is 4.79 Å². The van der Waals surface area contributed by atoms with Gasteiger partial charge in [-0.05, 0) is 24.1 Å². The van der Waals surface area contributed by atoms with Crippen molar-refractivity contribution in [2.45, 2.75) is 12.5 Å². The second-order valence-corrected chi connectivity index (χ2v) is 4.85. The highest BCUT2D eigenvalue weighted by molar-refractivity contribution is 6.06. The van der Waals surface area contributed by atoms with Gasteiger partial charge in [0.2, 0.25) is 5.56 Å². The Morgan fingerprint density at radius 3 is 2.90 bits per heavy atom. The molecule has 102 valence electrons. The fraction of sp³-hybridized carbons (Fsp3) is 0.200. The third-order valence-corrected chi connectivity index (χ3v) is 3.56. The second kappa shape index (κ2) is 4.94. The SMILES string of the molecule is NC1CCN(C(=O)c2cc[nH]c(=O)c2)c2ccccc21. The number of fused-ring (bicyclic) bond motifs is 1. The lowest BCUT2D eigenvalue weighted by molar-refractivity contribution is 0.0984. The smallest absolute Gasteiger partial charge is 0.258 e. The van der Waals surface area contributed by atoms with Gasteiger partial charge in [0.05, 0.1) is 0 Å². The Morgan fingerprint density at radius 2 is 2.10 bits per heavy atom. The molecule has 0 fully saturated rings. The van der Waals surface area contributed by atoms with Gasteiger partial charge in [-0.15, -0.1) is 0 Å². The number of para-hydroxylation sites is 1. The van der Waals surface area contributed by atoms with Crippen molar-refractivity contribution in [1.29, 1.82) is 0 Å². The number of rotatable bonds is 1. The van der Waals surface area contributed by atoms with E-state index >= 15 is 0 Å². The molecule has 0 aliphatic carbocycles.